The van der Waals surface area contributed by atoms with Crippen molar-refractivity contribution in [3.63, 3.8) is 0 Å². The van der Waals surface area contributed by atoms with Crippen molar-refractivity contribution in [2.75, 3.05) is 18.0 Å². The predicted molar refractivity (Wildman–Crippen MR) is 174 cm³/mol. The molecular weight excluding hydrogens is 518 g/mol. The Kier molecular flexibility index (Phi) is 9.35. The molecule has 2 aromatic carbocycles. The summed E-state index contributed by atoms with van der Waals surface area (Å²) in [6, 6.07) is 18.9. The highest BCUT2D eigenvalue weighted by atomic mass is 16.6. The lowest BCUT2D eigenvalue weighted by Gasteiger charge is -2.32. The Morgan fingerprint density at radius 3 is 2.33 bits per heavy atom. The maximum atomic E-state index is 13.6. The number of rotatable bonds is 14. The molecular formula is C37H47N3O2. The first-order chi connectivity index (χ1) is 20.5. The largest absolute Gasteiger partial charge is 0.439 e. The van der Waals surface area contributed by atoms with Gasteiger partial charge in [0.05, 0.1) is 5.56 Å². The molecule has 5 heteroatoms. The number of aryl methyl sites for hydroxylation is 2. The Hall–Kier alpha value is -3.60. The van der Waals surface area contributed by atoms with Crippen molar-refractivity contribution < 1.29 is 9.53 Å². The zero-order chi connectivity index (χ0) is 29.7. The molecule has 1 aliphatic heterocycles. The number of hydrogen-bond acceptors (Lipinski definition) is 4. The maximum absolute atomic E-state index is 13.6. The Bertz CT molecular complexity index is 1530. The number of ether oxygens (including phenoxy) is 1. The summed E-state index contributed by atoms with van der Waals surface area (Å²) in [7, 11) is 0. The molecule has 0 bridgehead atoms. The number of aromatic nitrogens is 2. The first kappa shape index (κ1) is 29.9. The van der Waals surface area contributed by atoms with Crippen LogP contribution in [-0.4, -0.2) is 28.6 Å². The van der Waals surface area contributed by atoms with Gasteiger partial charge < -0.3 is 14.2 Å². The van der Waals surface area contributed by atoms with Gasteiger partial charge in [-0.05, 0) is 69.0 Å². The van der Waals surface area contributed by atoms with Gasteiger partial charge >= 0.3 is 5.97 Å². The molecule has 2 aromatic heterocycles. The van der Waals surface area contributed by atoms with Crippen LogP contribution in [0.25, 0.3) is 10.9 Å². The van der Waals surface area contributed by atoms with E-state index in [4.69, 9.17) is 9.72 Å². The van der Waals surface area contributed by atoms with E-state index in [-0.39, 0.29) is 5.97 Å². The minimum Gasteiger partial charge on any atom is -0.439 e. The summed E-state index contributed by atoms with van der Waals surface area (Å²) in [6.07, 6.45) is 11.5. The zero-order valence-corrected chi connectivity index (χ0v) is 26.2. The van der Waals surface area contributed by atoms with Crippen molar-refractivity contribution in [2.24, 2.45) is 0 Å². The third kappa shape index (κ3) is 5.34. The second-order valence-electron chi connectivity index (χ2n) is 11.9. The monoisotopic (exact) mass is 565 g/mol. The Morgan fingerprint density at radius 1 is 0.857 bits per heavy atom. The number of anilines is 1. The maximum Gasteiger partial charge on any atom is 0.341 e. The molecule has 1 unspecified atom stereocenters. The van der Waals surface area contributed by atoms with Crippen LogP contribution in [0.3, 0.4) is 0 Å². The van der Waals surface area contributed by atoms with Crippen molar-refractivity contribution in [2.45, 2.75) is 98.1 Å². The lowest BCUT2D eigenvalue weighted by atomic mass is 9.79. The van der Waals surface area contributed by atoms with Gasteiger partial charge in [-0.2, -0.15) is 0 Å². The molecule has 5 nitrogen and oxygen atoms in total. The highest BCUT2D eigenvalue weighted by Gasteiger charge is 2.53. The molecule has 5 rings (SSSR count). The fourth-order valence-electron chi connectivity index (χ4n) is 6.94. The lowest BCUT2D eigenvalue weighted by Crippen LogP contribution is -2.32. The van der Waals surface area contributed by atoms with Crippen LogP contribution < -0.4 is 4.90 Å². The molecule has 1 aliphatic rings. The summed E-state index contributed by atoms with van der Waals surface area (Å²) in [6.45, 7) is 14.0. The smallest absolute Gasteiger partial charge is 0.341 e. The van der Waals surface area contributed by atoms with E-state index in [0.29, 0.717) is 11.3 Å². The first-order valence-corrected chi connectivity index (χ1v) is 16.1. The molecule has 42 heavy (non-hydrogen) atoms. The Balaban J connectivity index is 1.68. The third-order valence-electron chi connectivity index (χ3n) is 8.87. The molecule has 0 fully saturated rings. The van der Waals surface area contributed by atoms with E-state index in [1.165, 1.54) is 43.3 Å². The van der Waals surface area contributed by atoms with Gasteiger partial charge in [0.1, 0.15) is 5.69 Å². The van der Waals surface area contributed by atoms with E-state index in [1.807, 2.05) is 12.1 Å². The van der Waals surface area contributed by atoms with E-state index in [1.54, 1.807) is 6.20 Å². The molecule has 0 amide bonds. The van der Waals surface area contributed by atoms with Crippen molar-refractivity contribution in [3.05, 3.63) is 94.4 Å². The normalized spacial score (nSPS) is 16.2. The average molecular weight is 566 g/mol. The van der Waals surface area contributed by atoms with E-state index >= 15 is 0 Å². The van der Waals surface area contributed by atoms with Crippen LogP contribution in [0, 0.1) is 13.8 Å². The molecule has 0 spiro atoms. The number of fused-ring (bicyclic) bond motifs is 2. The number of benzene rings is 2. The number of esters is 1. The third-order valence-corrected chi connectivity index (χ3v) is 8.87. The molecule has 0 N–H and O–H groups in total. The van der Waals surface area contributed by atoms with Gasteiger partial charge in [0.2, 0.25) is 5.60 Å². The van der Waals surface area contributed by atoms with E-state index in [0.717, 1.165) is 66.7 Å². The first-order valence-electron chi connectivity index (χ1n) is 16.1. The van der Waals surface area contributed by atoms with Crippen LogP contribution in [0.15, 0.2) is 60.8 Å². The fraction of sp³-hybridized carbons (Fsp3) is 0.459. The SMILES string of the molecule is CCCCCCCCn1c(C)c(C2(c3ccc(N(CCC)CCC)cc3C)OC(=O)c3cccnc32)c2ccccc21. The second-order valence-corrected chi connectivity index (χ2v) is 11.9. The van der Waals surface area contributed by atoms with Gasteiger partial charge in [-0.1, -0.05) is 77.1 Å². The second kappa shape index (κ2) is 13.1. The van der Waals surface area contributed by atoms with Gasteiger partial charge in [-0.3, -0.25) is 4.98 Å². The van der Waals surface area contributed by atoms with Gasteiger partial charge in [0.25, 0.3) is 0 Å². The number of unbranched alkanes of at least 4 members (excludes halogenated alkanes) is 5. The summed E-state index contributed by atoms with van der Waals surface area (Å²) in [5.74, 6) is -0.313. The van der Waals surface area contributed by atoms with E-state index < -0.39 is 5.60 Å². The van der Waals surface area contributed by atoms with Gasteiger partial charge in [0, 0.05) is 59.2 Å². The highest BCUT2D eigenvalue weighted by Crippen LogP contribution is 2.51. The number of cyclic esters (lactones) is 1. The van der Waals surface area contributed by atoms with Crippen LogP contribution in [0.5, 0.6) is 0 Å². The number of hydrogen-bond donors (Lipinski definition) is 0. The lowest BCUT2D eigenvalue weighted by molar-refractivity contribution is 0.0244. The summed E-state index contributed by atoms with van der Waals surface area (Å²) >= 11 is 0. The van der Waals surface area contributed by atoms with Crippen molar-refractivity contribution in [1.29, 1.82) is 0 Å². The number of nitrogens with zero attached hydrogens (tertiary/aromatic N) is 3. The fourth-order valence-corrected chi connectivity index (χ4v) is 6.94. The van der Waals surface area contributed by atoms with Gasteiger partial charge in [-0.25, -0.2) is 4.79 Å². The number of pyridine rings is 1. The molecule has 3 heterocycles. The number of carbonyl (C=O) groups is 1. The standard InChI is InChI=1S/C37H47N3O2/c1-6-9-10-11-12-15-25-40-28(5)34(30-17-13-14-19-33(30)40)37(35-31(36(41)42-37)18-16-22-38-35)32-21-20-29(26-27(32)4)39(23-7-2)24-8-3/h13-14,16-22,26H,6-12,15,23-25H2,1-5H3. The van der Waals surface area contributed by atoms with Crippen LogP contribution in [0.1, 0.15) is 111 Å². The van der Waals surface area contributed by atoms with Gasteiger partial charge in [0.15, 0.2) is 0 Å². The molecule has 0 saturated heterocycles. The van der Waals surface area contributed by atoms with Crippen molar-refractivity contribution >= 4 is 22.6 Å². The minimum absolute atomic E-state index is 0.313. The number of carbonyl (C=O) groups excluding carboxylic acids is 1. The molecule has 1 atom stereocenters. The molecule has 0 aliphatic carbocycles. The molecule has 222 valence electrons. The predicted octanol–water partition coefficient (Wildman–Crippen LogP) is 9.10. The molecule has 0 radical (unpaired) electrons. The minimum atomic E-state index is -1.12. The molecule has 4 aromatic rings. The molecule has 0 saturated carbocycles. The van der Waals surface area contributed by atoms with E-state index in [2.05, 4.69) is 86.6 Å². The van der Waals surface area contributed by atoms with Crippen LogP contribution in [0.4, 0.5) is 5.69 Å². The Morgan fingerprint density at radius 2 is 1.60 bits per heavy atom. The summed E-state index contributed by atoms with van der Waals surface area (Å²) in [4.78, 5) is 20.9. The van der Waals surface area contributed by atoms with Crippen molar-refractivity contribution in [3.8, 4) is 0 Å². The highest BCUT2D eigenvalue weighted by molar-refractivity contribution is 5.98. The van der Waals surface area contributed by atoms with Crippen LogP contribution >= 0.6 is 0 Å². The summed E-state index contributed by atoms with van der Waals surface area (Å²) in [5, 5.41) is 1.12. The summed E-state index contributed by atoms with van der Waals surface area (Å²) in [5.41, 5.74) is 6.77. The quantitative estimate of drug-likeness (QED) is 0.113. The Labute approximate surface area is 251 Å². The van der Waals surface area contributed by atoms with Crippen molar-refractivity contribution in [1.82, 2.24) is 9.55 Å². The van der Waals surface area contributed by atoms with Crippen LogP contribution in [-0.2, 0) is 16.9 Å². The average Bonchev–Trinajstić information content (AvgIpc) is 3.45. The van der Waals surface area contributed by atoms with E-state index in [9.17, 15) is 4.79 Å². The zero-order valence-electron chi connectivity index (χ0n) is 26.2. The summed E-state index contributed by atoms with van der Waals surface area (Å²) < 4.78 is 9.05. The number of para-hydroxylation sites is 1. The van der Waals surface area contributed by atoms with Gasteiger partial charge in [-0.15, -0.1) is 0 Å². The van der Waals surface area contributed by atoms with Crippen LogP contribution in [0.2, 0.25) is 0 Å². The topological polar surface area (TPSA) is 47.4 Å².